The Balaban J connectivity index is 2.24. The first-order valence-corrected chi connectivity index (χ1v) is 6.63. The van der Waals surface area contributed by atoms with Gasteiger partial charge in [-0.05, 0) is 55.3 Å². The van der Waals surface area contributed by atoms with Gasteiger partial charge >= 0.3 is 0 Å². The number of hydrogen-bond acceptors (Lipinski definition) is 3. The molecule has 2 rings (SSSR count). The number of aromatic nitrogens is 1. The van der Waals surface area contributed by atoms with Gasteiger partial charge in [0.05, 0.1) is 6.54 Å². The van der Waals surface area contributed by atoms with Crippen LogP contribution in [-0.4, -0.2) is 17.4 Å². The van der Waals surface area contributed by atoms with Crippen LogP contribution in [-0.2, 0) is 0 Å². The summed E-state index contributed by atoms with van der Waals surface area (Å²) in [6.45, 7) is 4.17. The number of anilines is 1. The zero-order valence-corrected chi connectivity index (χ0v) is 12.1. The summed E-state index contributed by atoms with van der Waals surface area (Å²) in [4.78, 5) is 16.4. The number of nitrogens with one attached hydrogen (secondary N) is 1. The molecule has 1 aromatic carbocycles. The fourth-order valence-electron chi connectivity index (χ4n) is 1.93. The molecule has 3 N–H and O–H groups in total. The number of hydrogen-bond donors (Lipinski definition) is 2. The summed E-state index contributed by atoms with van der Waals surface area (Å²) >= 11 is 0. The van der Waals surface area contributed by atoms with Crippen molar-refractivity contribution in [1.29, 1.82) is 0 Å². The quantitative estimate of drug-likeness (QED) is 0.829. The Bertz CT molecular complexity index is 726. The Labute approximate surface area is 124 Å². The first-order chi connectivity index (χ1) is 10.1. The molecule has 0 aliphatic heterocycles. The lowest BCUT2D eigenvalue weighted by molar-refractivity contribution is 0.102. The second-order valence-electron chi connectivity index (χ2n) is 4.77. The van der Waals surface area contributed by atoms with Gasteiger partial charge in [-0.3, -0.25) is 4.79 Å². The van der Waals surface area contributed by atoms with E-state index in [4.69, 9.17) is 5.73 Å². The highest BCUT2D eigenvalue weighted by molar-refractivity contribution is 6.04. The SMILES string of the molecule is Cc1cc(C#CCN)cc(C(=O)Nc2cc(C)ccn2)c1. The van der Waals surface area contributed by atoms with Gasteiger partial charge in [0.15, 0.2) is 0 Å². The standard InChI is InChI=1S/C17H17N3O/c1-12-5-7-19-16(10-12)20-17(21)15-9-13(2)8-14(11-15)4-3-6-18/h5,7-11H,6,18H2,1-2H3,(H,19,20,21). The molecule has 0 bridgehead atoms. The zero-order chi connectivity index (χ0) is 15.2. The van der Waals surface area contributed by atoms with Crippen LogP contribution in [0.5, 0.6) is 0 Å². The van der Waals surface area contributed by atoms with Crippen LogP contribution < -0.4 is 11.1 Å². The summed E-state index contributed by atoms with van der Waals surface area (Å²) in [6.07, 6.45) is 1.67. The third-order valence-electron chi connectivity index (χ3n) is 2.83. The van der Waals surface area contributed by atoms with E-state index in [-0.39, 0.29) is 5.91 Å². The fraction of sp³-hybridized carbons (Fsp3) is 0.176. The van der Waals surface area contributed by atoms with Gasteiger partial charge in [0.25, 0.3) is 5.91 Å². The molecule has 0 saturated heterocycles. The highest BCUT2D eigenvalue weighted by Gasteiger charge is 2.08. The monoisotopic (exact) mass is 279 g/mol. The normalized spacial score (nSPS) is 9.67. The Morgan fingerprint density at radius 2 is 2.05 bits per heavy atom. The van der Waals surface area contributed by atoms with Crippen molar-refractivity contribution in [3.05, 3.63) is 58.8 Å². The average Bonchev–Trinajstić information content (AvgIpc) is 2.44. The molecule has 0 aliphatic rings. The summed E-state index contributed by atoms with van der Waals surface area (Å²) in [6, 6.07) is 9.19. The van der Waals surface area contributed by atoms with Gasteiger partial charge in [-0.25, -0.2) is 4.98 Å². The minimum atomic E-state index is -0.201. The third-order valence-corrected chi connectivity index (χ3v) is 2.83. The Morgan fingerprint density at radius 3 is 2.76 bits per heavy atom. The summed E-state index contributed by atoms with van der Waals surface area (Å²) < 4.78 is 0. The number of nitrogens with zero attached hydrogens (tertiary/aromatic N) is 1. The van der Waals surface area contributed by atoms with Gasteiger partial charge in [-0.2, -0.15) is 0 Å². The molecule has 0 fully saturated rings. The molecule has 0 spiro atoms. The van der Waals surface area contributed by atoms with Crippen LogP contribution in [0.1, 0.15) is 27.0 Å². The van der Waals surface area contributed by atoms with Gasteiger partial charge in [0.2, 0.25) is 0 Å². The lowest BCUT2D eigenvalue weighted by Gasteiger charge is -2.06. The number of amides is 1. The molecule has 0 aliphatic carbocycles. The lowest BCUT2D eigenvalue weighted by atomic mass is 10.1. The minimum absolute atomic E-state index is 0.201. The van der Waals surface area contributed by atoms with E-state index in [0.29, 0.717) is 17.9 Å². The van der Waals surface area contributed by atoms with Gasteiger partial charge in [0.1, 0.15) is 5.82 Å². The molecule has 1 aromatic heterocycles. The van der Waals surface area contributed by atoms with E-state index in [2.05, 4.69) is 22.1 Å². The Morgan fingerprint density at radius 1 is 1.24 bits per heavy atom. The smallest absolute Gasteiger partial charge is 0.256 e. The molecule has 4 nitrogen and oxygen atoms in total. The summed E-state index contributed by atoms with van der Waals surface area (Å²) in [5, 5.41) is 2.79. The van der Waals surface area contributed by atoms with E-state index >= 15 is 0 Å². The van der Waals surface area contributed by atoms with E-state index < -0.39 is 0 Å². The predicted octanol–water partition coefficient (Wildman–Crippen LogP) is 2.26. The van der Waals surface area contributed by atoms with Gasteiger partial charge in [-0.15, -0.1) is 0 Å². The maximum absolute atomic E-state index is 12.3. The molecular weight excluding hydrogens is 262 g/mol. The van der Waals surface area contributed by atoms with Crippen molar-refractivity contribution in [3.8, 4) is 11.8 Å². The topological polar surface area (TPSA) is 68.0 Å². The number of pyridine rings is 1. The average molecular weight is 279 g/mol. The minimum Gasteiger partial charge on any atom is -0.320 e. The Hall–Kier alpha value is -2.64. The van der Waals surface area contributed by atoms with E-state index in [1.165, 1.54) is 0 Å². The lowest BCUT2D eigenvalue weighted by Crippen LogP contribution is -2.13. The third kappa shape index (κ3) is 4.16. The van der Waals surface area contributed by atoms with Crippen LogP contribution in [0.25, 0.3) is 0 Å². The molecule has 106 valence electrons. The zero-order valence-electron chi connectivity index (χ0n) is 12.1. The van der Waals surface area contributed by atoms with Crippen molar-refractivity contribution < 1.29 is 4.79 Å². The maximum Gasteiger partial charge on any atom is 0.256 e. The second kappa shape index (κ2) is 6.69. The highest BCUT2D eigenvalue weighted by Crippen LogP contribution is 2.12. The summed E-state index contributed by atoms with van der Waals surface area (Å²) in [7, 11) is 0. The summed E-state index contributed by atoms with van der Waals surface area (Å²) in [5.41, 5.74) is 8.72. The molecule has 2 aromatic rings. The van der Waals surface area contributed by atoms with Crippen LogP contribution in [0.15, 0.2) is 36.5 Å². The van der Waals surface area contributed by atoms with E-state index in [0.717, 1.165) is 16.7 Å². The highest BCUT2D eigenvalue weighted by atomic mass is 16.1. The number of nitrogens with two attached hydrogens (primary N) is 1. The van der Waals surface area contributed by atoms with Gasteiger partial charge < -0.3 is 11.1 Å². The van der Waals surface area contributed by atoms with Crippen LogP contribution in [0, 0.1) is 25.7 Å². The largest absolute Gasteiger partial charge is 0.320 e. The predicted molar refractivity (Wildman–Crippen MR) is 84.0 cm³/mol. The van der Waals surface area contributed by atoms with Crippen molar-refractivity contribution in [2.24, 2.45) is 5.73 Å². The van der Waals surface area contributed by atoms with Crippen LogP contribution >= 0.6 is 0 Å². The maximum atomic E-state index is 12.3. The van der Waals surface area contributed by atoms with Crippen molar-refractivity contribution in [2.45, 2.75) is 13.8 Å². The fourth-order valence-corrected chi connectivity index (χ4v) is 1.93. The Kier molecular flexibility index (Phi) is 4.70. The number of benzene rings is 1. The van der Waals surface area contributed by atoms with Crippen LogP contribution in [0.2, 0.25) is 0 Å². The molecule has 0 unspecified atom stereocenters. The van der Waals surface area contributed by atoms with Gasteiger partial charge in [-0.1, -0.05) is 11.8 Å². The van der Waals surface area contributed by atoms with Crippen molar-refractivity contribution in [3.63, 3.8) is 0 Å². The molecule has 1 amide bonds. The molecule has 0 saturated carbocycles. The van der Waals surface area contributed by atoms with E-state index in [1.807, 2.05) is 38.1 Å². The first kappa shape index (κ1) is 14.8. The molecule has 4 heteroatoms. The van der Waals surface area contributed by atoms with Gasteiger partial charge in [0, 0.05) is 17.3 Å². The van der Waals surface area contributed by atoms with E-state index in [1.54, 1.807) is 12.3 Å². The molecule has 0 radical (unpaired) electrons. The first-order valence-electron chi connectivity index (χ1n) is 6.63. The van der Waals surface area contributed by atoms with Crippen molar-refractivity contribution >= 4 is 11.7 Å². The molecule has 1 heterocycles. The second-order valence-corrected chi connectivity index (χ2v) is 4.77. The van der Waals surface area contributed by atoms with Crippen LogP contribution in [0.3, 0.4) is 0 Å². The number of carbonyl (C=O) groups excluding carboxylic acids is 1. The van der Waals surface area contributed by atoms with Crippen LogP contribution in [0.4, 0.5) is 5.82 Å². The van der Waals surface area contributed by atoms with Crippen molar-refractivity contribution in [2.75, 3.05) is 11.9 Å². The molecule has 21 heavy (non-hydrogen) atoms. The number of carbonyl (C=O) groups is 1. The molecular formula is C17H17N3O. The number of aryl methyl sites for hydroxylation is 2. The number of rotatable bonds is 2. The molecule has 0 atom stereocenters. The van der Waals surface area contributed by atoms with Crippen molar-refractivity contribution in [1.82, 2.24) is 4.98 Å². The van der Waals surface area contributed by atoms with E-state index in [9.17, 15) is 4.79 Å². The summed E-state index contributed by atoms with van der Waals surface area (Å²) in [5.74, 6) is 6.07.